The van der Waals surface area contributed by atoms with Crippen LogP contribution in [-0.4, -0.2) is 28.6 Å². The lowest BCUT2D eigenvalue weighted by atomic mass is 10.3. The first-order chi connectivity index (χ1) is 11.3. The molecule has 1 aromatic carbocycles. The number of aromatic nitrogens is 1. The molecule has 9 heteroatoms. The number of hydrogen-bond acceptors (Lipinski definition) is 5. The van der Waals surface area contributed by atoms with Gasteiger partial charge in [0.05, 0.1) is 16.8 Å². The minimum absolute atomic E-state index is 0.0965. The Labute approximate surface area is 146 Å². The van der Waals surface area contributed by atoms with E-state index in [0.29, 0.717) is 10.7 Å². The fraction of sp³-hybridized carbons (Fsp3) is 0.267. The Bertz CT molecular complexity index is 781. The number of halogens is 2. The minimum atomic E-state index is -1.05. The Hall–Kier alpha value is -2.19. The van der Waals surface area contributed by atoms with E-state index in [-0.39, 0.29) is 22.3 Å². The van der Waals surface area contributed by atoms with Crippen LogP contribution in [0, 0.1) is 12.7 Å². The van der Waals surface area contributed by atoms with Gasteiger partial charge >= 0.3 is 5.97 Å². The van der Waals surface area contributed by atoms with E-state index in [0.717, 1.165) is 17.4 Å². The molecule has 1 atom stereocenters. The summed E-state index contributed by atoms with van der Waals surface area (Å²) >= 11 is 6.64. The Morgan fingerprint density at radius 3 is 2.79 bits per heavy atom. The molecular weight excluding hydrogens is 359 g/mol. The van der Waals surface area contributed by atoms with Gasteiger partial charge in [0.1, 0.15) is 21.5 Å². The van der Waals surface area contributed by atoms with Gasteiger partial charge in [-0.05, 0) is 26.0 Å². The van der Waals surface area contributed by atoms with Gasteiger partial charge in [0.15, 0.2) is 6.61 Å². The topological polar surface area (TPSA) is 88.5 Å². The first-order valence-corrected chi connectivity index (χ1v) is 8.05. The summed E-state index contributed by atoms with van der Waals surface area (Å²) in [6.45, 7) is 3.00. The van der Waals surface area contributed by atoms with E-state index >= 15 is 0 Å². The summed E-state index contributed by atoms with van der Waals surface area (Å²) in [6, 6.07) is 3.32. The Kier molecular flexibility index (Phi) is 5.74. The number of amides is 1. The molecule has 0 aliphatic carbocycles. The molecule has 2 rings (SSSR count). The van der Waals surface area contributed by atoms with Crippen molar-refractivity contribution in [1.29, 1.82) is 0 Å². The van der Waals surface area contributed by atoms with Crippen LogP contribution in [0.2, 0.25) is 5.02 Å². The third kappa shape index (κ3) is 4.42. The number of carboxylic acids is 1. The van der Waals surface area contributed by atoms with Crippen LogP contribution in [0.5, 0.6) is 5.75 Å². The number of nitrogens with one attached hydrogen (secondary N) is 1. The molecule has 0 radical (unpaired) electrons. The van der Waals surface area contributed by atoms with E-state index in [1.54, 1.807) is 13.8 Å². The first kappa shape index (κ1) is 18.2. The second-order valence-electron chi connectivity index (χ2n) is 4.93. The van der Waals surface area contributed by atoms with Crippen LogP contribution in [0.25, 0.3) is 0 Å². The van der Waals surface area contributed by atoms with Gasteiger partial charge in [0.2, 0.25) is 0 Å². The van der Waals surface area contributed by atoms with Crippen molar-refractivity contribution in [2.75, 3.05) is 6.61 Å². The number of thiazole rings is 1. The van der Waals surface area contributed by atoms with Crippen molar-refractivity contribution in [3.8, 4) is 5.75 Å². The molecule has 6 nitrogen and oxygen atoms in total. The third-order valence-corrected chi connectivity index (χ3v) is 4.63. The smallest absolute Gasteiger partial charge is 0.347 e. The van der Waals surface area contributed by atoms with Crippen molar-refractivity contribution in [2.45, 2.75) is 19.9 Å². The summed E-state index contributed by atoms with van der Waals surface area (Å²) in [6.07, 6.45) is 0. The Morgan fingerprint density at radius 1 is 1.50 bits per heavy atom. The molecule has 2 aromatic rings. The predicted octanol–water partition coefficient (Wildman–Crippen LogP) is 3.20. The molecular formula is C15H14ClFN2O4S. The number of carboxylic acid groups (broad SMARTS) is 1. The minimum Gasteiger partial charge on any atom is -0.484 e. The van der Waals surface area contributed by atoms with Gasteiger partial charge in [-0.25, -0.2) is 14.2 Å². The van der Waals surface area contributed by atoms with Crippen LogP contribution in [0.1, 0.15) is 33.3 Å². The molecule has 1 aromatic heterocycles. The second-order valence-corrected chi connectivity index (χ2v) is 6.36. The highest BCUT2D eigenvalue weighted by Crippen LogP contribution is 2.24. The molecule has 0 spiro atoms. The SMILES string of the molecule is Cc1nc(C(C)NC(=O)COc2ccc(F)c(Cl)c2)sc1C(=O)O. The maximum Gasteiger partial charge on any atom is 0.347 e. The highest BCUT2D eigenvalue weighted by atomic mass is 35.5. The molecule has 1 unspecified atom stereocenters. The van der Waals surface area contributed by atoms with Crippen molar-refractivity contribution in [3.63, 3.8) is 0 Å². The van der Waals surface area contributed by atoms with Crippen molar-refractivity contribution in [3.05, 3.63) is 44.6 Å². The van der Waals surface area contributed by atoms with Crippen molar-refractivity contribution >= 4 is 34.8 Å². The molecule has 24 heavy (non-hydrogen) atoms. The van der Waals surface area contributed by atoms with Gasteiger partial charge in [-0.3, -0.25) is 4.79 Å². The molecule has 0 aliphatic heterocycles. The Morgan fingerprint density at radius 2 is 2.21 bits per heavy atom. The zero-order valence-corrected chi connectivity index (χ0v) is 14.4. The van der Waals surface area contributed by atoms with Crippen molar-refractivity contribution in [1.82, 2.24) is 10.3 Å². The average molecular weight is 373 g/mol. The van der Waals surface area contributed by atoms with E-state index in [4.69, 9.17) is 21.4 Å². The molecule has 0 fully saturated rings. The number of ether oxygens (including phenoxy) is 1. The fourth-order valence-electron chi connectivity index (χ4n) is 1.86. The summed E-state index contributed by atoms with van der Waals surface area (Å²) in [5, 5.41) is 12.1. The van der Waals surface area contributed by atoms with Crippen LogP contribution in [0.15, 0.2) is 18.2 Å². The highest BCUT2D eigenvalue weighted by Gasteiger charge is 2.19. The zero-order chi connectivity index (χ0) is 17.9. The number of aryl methyl sites for hydroxylation is 1. The maximum atomic E-state index is 13.0. The lowest BCUT2D eigenvalue weighted by molar-refractivity contribution is -0.123. The van der Waals surface area contributed by atoms with Gasteiger partial charge in [-0.1, -0.05) is 11.6 Å². The largest absolute Gasteiger partial charge is 0.484 e. The number of rotatable bonds is 6. The van der Waals surface area contributed by atoms with Crippen molar-refractivity contribution in [2.24, 2.45) is 0 Å². The van der Waals surface area contributed by atoms with Crippen LogP contribution >= 0.6 is 22.9 Å². The van der Waals surface area contributed by atoms with Gasteiger partial charge in [0, 0.05) is 6.07 Å². The van der Waals surface area contributed by atoms with E-state index in [9.17, 15) is 14.0 Å². The molecule has 0 aliphatic rings. The maximum absolute atomic E-state index is 13.0. The monoisotopic (exact) mass is 372 g/mol. The lowest BCUT2D eigenvalue weighted by Gasteiger charge is -2.12. The predicted molar refractivity (Wildman–Crippen MR) is 87.3 cm³/mol. The molecule has 0 saturated carbocycles. The van der Waals surface area contributed by atoms with E-state index in [1.807, 2.05) is 0 Å². The normalized spacial score (nSPS) is 11.8. The number of aromatic carboxylic acids is 1. The number of hydrogen-bond donors (Lipinski definition) is 2. The Balaban J connectivity index is 1.92. The summed E-state index contributed by atoms with van der Waals surface area (Å²) in [5.74, 6) is -1.78. The average Bonchev–Trinajstić information content (AvgIpc) is 2.91. The van der Waals surface area contributed by atoms with Gasteiger partial charge in [0.25, 0.3) is 5.91 Å². The van der Waals surface area contributed by atoms with Crippen LogP contribution < -0.4 is 10.1 Å². The van der Waals surface area contributed by atoms with E-state index in [1.165, 1.54) is 12.1 Å². The van der Waals surface area contributed by atoms with E-state index in [2.05, 4.69) is 10.3 Å². The standard InChI is InChI=1S/C15H14ClFN2O4S/c1-7-13(15(21)22)24-14(19-7)8(2)18-12(20)6-23-9-3-4-11(17)10(16)5-9/h3-5,8H,6H2,1-2H3,(H,18,20)(H,21,22). The zero-order valence-electron chi connectivity index (χ0n) is 12.8. The quantitative estimate of drug-likeness (QED) is 0.812. The molecule has 1 heterocycles. The van der Waals surface area contributed by atoms with Gasteiger partial charge in [-0.2, -0.15) is 0 Å². The van der Waals surface area contributed by atoms with Crippen molar-refractivity contribution < 1.29 is 23.8 Å². The summed E-state index contributed by atoms with van der Waals surface area (Å²) in [5.41, 5.74) is 0.404. The summed E-state index contributed by atoms with van der Waals surface area (Å²) in [7, 11) is 0. The van der Waals surface area contributed by atoms with Crippen LogP contribution in [0.3, 0.4) is 0 Å². The number of nitrogens with zero attached hydrogens (tertiary/aromatic N) is 1. The van der Waals surface area contributed by atoms with E-state index < -0.39 is 23.7 Å². The third-order valence-electron chi connectivity index (χ3n) is 3.02. The van der Waals surface area contributed by atoms with Crippen LogP contribution in [0.4, 0.5) is 4.39 Å². The molecule has 0 saturated heterocycles. The lowest BCUT2D eigenvalue weighted by Crippen LogP contribution is -2.31. The molecule has 2 N–H and O–H groups in total. The highest BCUT2D eigenvalue weighted by molar-refractivity contribution is 7.13. The molecule has 0 bridgehead atoms. The number of carbonyl (C=O) groups is 2. The first-order valence-electron chi connectivity index (χ1n) is 6.85. The number of benzene rings is 1. The summed E-state index contributed by atoms with van der Waals surface area (Å²) < 4.78 is 18.3. The van der Waals surface area contributed by atoms with Gasteiger partial charge < -0.3 is 15.2 Å². The second kappa shape index (κ2) is 7.59. The molecule has 1 amide bonds. The number of carbonyl (C=O) groups excluding carboxylic acids is 1. The van der Waals surface area contributed by atoms with Crippen LogP contribution in [-0.2, 0) is 4.79 Å². The summed E-state index contributed by atoms with van der Waals surface area (Å²) in [4.78, 5) is 27.2. The fourth-order valence-corrected chi connectivity index (χ4v) is 2.94. The van der Waals surface area contributed by atoms with Gasteiger partial charge in [-0.15, -0.1) is 11.3 Å². The molecule has 128 valence electrons.